The molecule has 0 bridgehead atoms. The quantitative estimate of drug-likeness (QED) is 0.0484. The minimum Gasteiger partial charge on any atom is -1.00 e. The number of quaternary nitrogens is 1. The van der Waals surface area contributed by atoms with E-state index in [0.717, 1.165) is 0 Å². The number of rotatable bonds is 34. The molecule has 1 nitrogen and oxygen atoms in total. The van der Waals surface area contributed by atoms with Gasteiger partial charge >= 0.3 is 0 Å². The lowest BCUT2D eigenvalue weighted by Gasteiger charge is -2.46. The lowest BCUT2D eigenvalue weighted by molar-refractivity contribution is -0.964. The van der Waals surface area contributed by atoms with Crippen molar-refractivity contribution in [2.75, 3.05) is 26.2 Å². The van der Waals surface area contributed by atoms with Crippen molar-refractivity contribution in [2.24, 2.45) is 0 Å². The van der Waals surface area contributed by atoms with E-state index < -0.39 is 0 Å². The summed E-state index contributed by atoms with van der Waals surface area (Å²) in [6, 6.07) is 0. The molecule has 1 saturated heterocycles. The number of unbranched alkanes of at least 4 members (excludes halogenated alkanes) is 30. The largest absolute Gasteiger partial charge is 1.00 e. The van der Waals surface area contributed by atoms with Crippen LogP contribution in [0.1, 0.15) is 226 Å². The molecule has 0 aromatic rings. The molecule has 0 aromatic carbocycles. The smallest absolute Gasteiger partial charge is 0.0841 e. The summed E-state index contributed by atoms with van der Waals surface area (Å²) in [5, 5.41) is 0. The second kappa shape index (κ2) is 33.3. The molecule has 0 atom stereocenters. The number of nitrogens with zero attached hydrogens (tertiary/aromatic N) is 1. The molecule has 2 heteroatoms. The van der Waals surface area contributed by atoms with Crippen LogP contribution < -0.4 is 17.0 Å². The zero-order valence-corrected chi connectivity index (χ0v) is 30.6. The van der Waals surface area contributed by atoms with Crippen LogP contribution in [0.25, 0.3) is 0 Å². The van der Waals surface area contributed by atoms with E-state index in [2.05, 4.69) is 13.8 Å². The Balaban J connectivity index is 0.0000160. The summed E-state index contributed by atoms with van der Waals surface area (Å²) >= 11 is 0. The van der Waals surface area contributed by atoms with Gasteiger partial charge in [0.05, 0.1) is 26.2 Å². The predicted molar refractivity (Wildman–Crippen MR) is 183 cm³/mol. The molecule has 0 radical (unpaired) electrons. The van der Waals surface area contributed by atoms with Crippen LogP contribution >= 0.6 is 0 Å². The summed E-state index contributed by atoms with van der Waals surface area (Å²) in [5.74, 6) is 0. The fraction of sp³-hybridized carbons (Fsp3) is 1.00. The van der Waals surface area contributed by atoms with Crippen LogP contribution in [-0.4, -0.2) is 30.7 Å². The van der Waals surface area contributed by atoms with Gasteiger partial charge in [0.25, 0.3) is 0 Å². The fourth-order valence-electron chi connectivity index (χ4n) is 7.15. The molecule has 0 amide bonds. The minimum atomic E-state index is 0. The SMILES string of the molecule is CCCCCCCCCCCCCCCCCC[N+]1(CCCCCCCCCCCCCCCCCC)CCC1.[Br-]. The Hall–Kier alpha value is 0.440. The highest BCUT2D eigenvalue weighted by atomic mass is 79.9. The van der Waals surface area contributed by atoms with Gasteiger partial charge in [0.2, 0.25) is 0 Å². The minimum absolute atomic E-state index is 0. The Morgan fingerprint density at radius 1 is 0.293 bits per heavy atom. The van der Waals surface area contributed by atoms with E-state index in [4.69, 9.17) is 0 Å². The molecule has 0 unspecified atom stereocenters. The molecule has 0 N–H and O–H groups in total. The fourth-order valence-corrected chi connectivity index (χ4v) is 7.15. The van der Waals surface area contributed by atoms with Gasteiger partial charge in [0, 0.05) is 6.42 Å². The van der Waals surface area contributed by atoms with Crippen molar-refractivity contribution in [3.05, 3.63) is 0 Å². The Bertz CT molecular complexity index is 436. The second-order valence-electron chi connectivity index (χ2n) is 14.2. The van der Waals surface area contributed by atoms with Crippen LogP contribution in [0.2, 0.25) is 0 Å². The molecule has 1 aliphatic rings. The standard InChI is InChI=1S/C39H80N.BrH/c1-3-5-7-9-11-13-15-17-19-21-23-25-27-29-31-33-36-40(38-35-39-40)37-34-32-30-28-26-24-22-20-18-16-14-12-10-8-6-4-2;/h3-39H2,1-2H3;1H/q+1;/p-1. The normalized spacial score (nSPS) is 14.2. The Labute approximate surface area is 272 Å². The molecule has 1 heterocycles. The van der Waals surface area contributed by atoms with Gasteiger partial charge in [0.1, 0.15) is 0 Å². The highest BCUT2D eigenvalue weighted by Gasteiger charge is 2.33. The molecule has 248 valence electrons. The molecular weight excluding hydrogens is 562 g/mol. The van der Waals surface area contributed by atoms with Crippen LogP contribution in [0.3, 0.4) is 0 Å². The van der Waals surface area contributed by atoms with Gasteiger partial charge in [-0.15, -0.1) is 0 Å². The van der Waals surface area contributed by atoms with Crippen LogP contribution in [0.15, 0.2) is 0 Å². The molecule has 41 heavy (non-hydrogen) atoms. The highest BCUT2D eigenvalue weighted by Crippen LogP contribution is 2.24. The van der Waals surface area contributed by atoms with E-state index in [1.54, 1.807) is 0 Å². The van der Waals surface area contributed by atoms with Gasteiger partial charge in [-0.3, -0.25) is 0 Å². The summed E-state index contributed by atoms with van der Waals surface area (Å²) < 4.78 is 1.50. The van der Waals surface area contributed by atoms with Crippen LogP contribution in [0.4, 0.5) is 0 Å². The zero-order valence-electron chi connectivity index (χ0n) is 29.0. The van der Waals surface area contributed by atoms with Crippen molar-refractivity contribution in [2.45, 2.75) is 226 Å². The first-order valence-corrected chi connectivity index (χ1v) is 19.7. The monoisotopic (exact) mass is 642 g/mol. The maximum absolute atomic E-state index is 2.31. The summed E-state index contributed by atoms with van der Waals surface area (Å²) in [6.07, 6.45) is 48.9. The zero-order chi connectivity index (χ0) is 28.7. The first-order chi connectivity index (χ1) is 19.8. The maximum atomic E-state index is 2.31. The van der Waals surface area contributed by atoms with E-state index in [9.17, 15) is 0 Å². The summed E-state index contributed by atoms with van der Waals surface area (Å²) in [4.78, 5) is 0. The van der Waals surface area contributed by atoms with Gasteiger partial charge in [-0.2, -0.15) is 0 Å². The number of halogens is 1. The van der Waals surface area contributed by atoms with Crippen molar-refractivity contribution < 1.29 is 21.5 Å². The average molecular weight is 643 g/mol. The van der Waals surface area contributed by atoms with E-state index in [-0.39, 0.29) is 17.0 Å². The average Bonchev–Trinajstić information content (AvgIpc) is 2.94. The number of hydrogen-bond acceptors (Lipinski definition) is 0. The molecular formula is C39H80BrN. The Kier molecular flexibility index (Phi) is 33.7. The molecule has 1 aliphatic heterocycles. The van der Waals surface area contributed by atoms with Gasteiger partial charge in [-0.1, -0.05) is 194 Å². The lowest BCUT2D eigenvalue weighted by atomic mass is 10.0. The van der Waals surface area contributed by atoms with Crippen LogP contribution in [0.5, 0.6) is 0 Å². The molecule has 1 rings (SSSR count). The van der Waals surface area contributed by atoms with Gasteiger partial charge in [-0.05, 0) is 25.7 Å². The topological polar surface area (TPSA) is 0 Å². The molecule has 0 spiro atoms. The third kappa shape index (κ3) is 27.7. The molecule has 0 aromatic heterocycles. The first-order valence-electron chi connectivity index (χ1n) is 19.7. The molecule has 0 aliphatic carbocycles. The van der Waals surface area contributed by atoms with Gasteiger partial charge in [0.15, 0.2) is 0 Å². The lowest BCUT2D eigenvalue weighted by Crippen LogP contribution is -3.00. The van der Waals surface area contributed by atoms with Crippen LogP contribution in [0, 0.1) is 0 Å². The molecule has 1 fully saturated rings. The van der Waals surface area contributed by atoms with Crippen molar-refractivity contribution in [1.29, 1.82) is 0 Å². The third-order valence-electron chi connectivity index (χ3n) is 10.2. The van der Waals surface area contributed by atoms with Crippen LogP contribution in [-0.2, 0) is 0 Å². The summed E-state index contributed by atoms with van der Waals surface area (Å²) in [6.45, 7) is 10.6. The number of likely N-dealkylation sites (tertiary alicyclic amines) is 1. The second-order valence-corrected chi connectivity index (χ2v) is 14.2. The highest BCUT2D eigenvalue weighted by molar-refractivity contribution is 4.58. The molecule has 0 saturated carbocycles. The first kappa shape index (κ1) is 41.4. The van der Waals surface area contributed by atoms with Crippen molar-refractivity contribution >= 4 is 0 Å². The van der Waals surface area contributed by atoms with Gasteiger partial charge in [-0.25, -0.2) is 0 Å². The van der Waals surface area contributed by atoms with E-state index in [0.29, 0.717) is 0 Å². The summed E-state index contributed by atoms with van der Waals surface area (Å²) in [7, 11) is 0. The Morgan fingerprint density at radius 3 is 0.659 bits per heavy atom. The number of hydrogen-bond donors (Lipinski definition) is 0. The Morgan fingerprint density at radius 2 is 0.488 bits per heavy atom. The predicted octanol–water partition coefficient (Wildman–Crippen LogP) is 10.7. The maximum Gasteiger partial charge on any atom is 0.0841 e. The van der Waals surface area contributed by atoms with E-state index in [1.165, 1.54) is 243 Å². The van der Waals surface area contributed by atoms with Crippen molar-refractivity contribution in [1.82, 2.24) is 0 Å². The summed E-state index contributed by atoms with van der Waals surface area (Å²) in [5.41, 5.74) is 0. The van der Waals surface area contributed by atoms with Crippen molar-refractivity contribution in [3.8, 4) is 0 Å². The van der Waals surface area contributed by atoms with E-state index >= 15 is 0 Å². The van der Waals surface area contributed by atoms with E-state index in [1.807, 2.05) is 0 Å². The van der Waals surface area contributed by atoms with Crippen molar-refractivity contribution in [3.63, 3.8) is 0 Å². The third-order valence-corrected chi connectivity index (χ3v) is 10.2. The van der Waals surface area contributed by atoms with Gasteiger partial charge < -0.3 is 21.5 Å².